The molecule has 0 saturated carbocycles. The van der Waals surface area contributed by atoms with Crippen LogP contribution in [0.3, 0.4) is 0 Å². The topological polar surface area (TPSA) is 49.5 Å². The van der Waals surface area contributed by atoms with Gasteiger partial charge in [-0.2, -0.15) is 4.98 Å². The molecule has 0 saturated heterocycles. The lowest BCUT2D eigenvalue weighted by molar-refractivity contribution is 0.476. The highest BCUT2D eigenvalue weighted by atomic mass is 16.5. The van der Waals surface area contributed by atoms with Gasteiger partial charge in [0.05, 0.1) is 27.8 Å². The maximum Gasteiger partial charge on any atom is 0.248 e. The molecule has 0 N–H and O–H groups in total. The van der Waals surface area contributed by atoms with Gasteiger partial charge in [-0.05, 0) is 77.9 Å². The molecule has 10 aromatic rings. The molecule has 0 bridgehead atoms. The standard InChI is InChI=1S/C39H22N4O2/c1-2-10-24(11-3-1)41-31-22-23(18-20-29(31)43-36-27-13-5-8-16-32(27)45-38(36)40-39(41)43)25-19-21-34-37-35(25)26-12-4-6-14-28(26)42(37)30-15-7-9-17-33(30)44-34/h1-22H. The van der Waals surface area contributed by atoms with Crippen LogP contribution in [-0.2, 0) is 0 Å². The Morgan fingerprint density at radius 3 is 2.29 bits per heavy atom. The highest BCUT2D eigenvalue weighted by molar-refractivity contribution is 6.18. The molecule has 6 aromatic carbocycles. The summed E-state index contributed by atoms with van der Waals surface area (Å²) in [6.45, 7) is 0. The van der Waals surface area contributed by atoms with Gasteiger partial charge < -0.3 is 13.7 Å². The largest absolute Gasteiger partial charge is 0.453 e. The predicted molar refractivity (Wildman–Crippen MR) is 179 cm³/mol. The van der Waals surface area contributed by atoms with E-state index in [1.54, 1.807) is 0 Å². The second-order valence-electron chi connectivity index (χ2n) is 11.6. The SMILES string of the molecule is c1ccc(-n2c3cc(-c4ccc5c6c4c4ccccc4n6-c4ccccc4O5)ccc3n3c4c(nc23)oc2ccccc24)cc1. The number of nitrogens with zero attached hydrogens (tertiary/aromatic N) is 4. The van der Waals surface area contributed by atoms with E-state index in [0.717, 1.165) is 72.8 Å². The predicted octanol–water partition coefficient (Wildman–Crippen LogP) is 10.0. The van der Waals surface area contributed by atoms with E-state index < -0.39 is 0 Å². The molecule has 11 rings (SSSR count). The van der Waals surface area contributed by atoms with Crippen LogP contribution in [0.1, 0.15) is 0 Å². The first-order valence-electron chi connectivity index (χ1n) is 15.1. The highest BCUT2D eigenvalue weighted by Gasteiger charge is 2.27. The van der Waals surface area contributed by atoms with Crippen molar-refractivity contribution < 1.29 is 9.15 Å². The summed E-state index contributed by atoms with van der Waals surface area (Å²) in [5.41, 5.74) is 11.2. The van der Waals surface area contributed by atoms with Gasteiger partial charge in [0.25, 0.3) is 0 Å². The van der Waals surface area contributed by atoms with Gasteiger partial charge in [0.1, 0.15) is 11.1 Å². The zero-order valence-electron chi connectivity index (χ0n) is 23.8. The fourth-order valence-corrected chi connectivity index (χ4v) is 7.42. The average Bonchev–Trinajstić information content (AvgIpc) is 3.82. The minimum Gasteiger partial charge on any atom is -0.453 e. The second kappa shape index (κ2) is 8.21. The molecule has 6 nitrogen and oxygen atoms in total. The summed E-state index contributed by atoms with van der Waals surface area (Å²) in [5.74, 6) is 2.55. The Labute approximate surface area is 255 Å². The third kappa shape index (κ3) is 2.91. The van der Waals surface area contributed by atoms with E-state index in [1.165, 1.54) is 16.3 Å². The zero-order chi connectivity index (χ0) is 29.2. The molecule has 0 atom stereocenters. The Morgan fingerprint density at radius 2 is 1.36 bits per heavy atom. The first-order valence-corrected chi connectivity index (χ1v) is 15.1. The summed E-state index contributed by atoms with van der Waals surface area (Å²) >= 11 is 0. The van der Waals surface area contributed by atoms with Crippen molar-refractivity contribution in [1.82, 2.24) is 18.5 Å². The van der Waals surface area contributed by atoms with Crippen LogP contribution in [0.2, 0.25) is 0 Å². The molecule has 0 spiro atoms. The monoisotopic (exact) mass is 578 g/mol. The van der Waals surface area contributed by atoms with E-state index in [9.17, 15) is 0 Å². The van der Waals surface area contributed by atoms with Crippen LogP contribution >= 0.6 is 0 Å². The van der Waals surface area contributed by atoms with Crippen molar-refractivity contribution in [2.45, 2.75) is 0 Å². The molecule has 0 unspecified atom stereocenters. The molecule has 0 radical (unpaired) electrons. The maximum absolute atomic E-state index is 6.47. The molecular weight excluding hydrogens is 556 g/mol. The van der Waals surface area contributed by atoms with Gasteiger partial charge in [0.15, 0.2) is 11.5 Å². The van der Waals surface area contributed by atoms with Gasteiger partial charge in [0.2, 0.25) is 11.5 Å². The van der Waals surface area contributed by atoms with Crippen LogP contribution in [0.15, 0.2) is 138 Å². The molecular formula is C39H22N4O2. The fraction of sp³-hybridized carbons (Fsp3) is 0. The third-order valence-corrected chi connectivity index (χ3v) is 9.26. The summed E-state index contributed by atoms with van der Waals surface area (Å²) in [6.07, 6.45) is 0. The number of benzene rings is 6. The van der Waals surface area contributed by atoms with Crippen LogP contribution < -0.4 is 4.74 Å². The lowest BCUT2D eigenvalue weighted by atomic mass is 9.98. The van der Waals surface area contributed by atoms with Crippen molar-refractivity contribution >= 4 is 60.8 Å². The summed E-state index contributed by atoms with van der Waals surface area (Å²) < 4.78 is 19.5. The van der Waals surface area contributed by atoms with Crippen molar-refractivity contribution in [3.05, 3.63) is 133 Å². The molecule has 0 aliphatic carbocycles. The normalized spacial score (nSPS) is 12.6. The van der Waals surface area contributed by atoms with Crippen molar-refractivity contribution in [1.29, 1.82) is 0 Å². The van der Waals surface area contributed by atoms with E-state index in [0.29, 0.717) is 5.71 Å². The van der Waals surface area contributed by atoms with E-state index in [-0.39, 0.29) is 0 Å². The number of para-hydroxylation sites is 5. The van der Waals surface area contributed by atoms with Gasteiger partial charge >= 0.3 is 0 Å². The van der Waals surface area contributed by atoms with Crippen LogP contribution in [0, 0.1) is 0 Å². The molecule has 210 valence electrons. The van der Waals surface area contributed by atoms with E-state index in [2.05, 4.69) is 111 Å². The minimum absolute atomic E-state index is 0.640. The summed E-state index contributed by atoms with van der Waals surface area (Å²) in [7, 11) is 0. The Hall–Kier alpha value is -6.27. The number of hydrogen-bond donors (Lipinski definition) is 0. The molecule has 4 aromatic heterocycles. The lowest BCUT2D eigenvalue weighted by Gasteiger charge is -2.21. The van der Waals surface area contributed by atoms with E-state index in [4.69, 9.17) is 14.1 Å². The smallest absolute Gasteiger partial charge is 0.248 e. The van der Waals surface area contributed by atoms with Crippen molar-refractivity contribution in [3.63, 3.8) is 0 Å². The van der Waals surface area contributed by atoms with E-state index in [1.807, 2.05) is 36.4 Å². The number of aromatic nitrogens is 4. The molecule has 6 heteroatoms. The van der Waals surface area contributed by atoms with Gasteiger partial charge in [0, 0.05) is 21.8 Å². The Bertz CT molecular complexity index is 2850. The number of fused-ring (bicyclic) bond motifs is 12. The third-order valence-electron chi connectivity index (χ3n) is 9.26. The fourth-order valence-electron chi connectivity index (χ4n) is 7.42. The molecule has 45 heavy (non-hydrogen) atoms. The van der Waals surface area contributed by atoms with Crippen LogP contribution in [-0.4, -0.2) is 18.5 Å². The molecule has 0 fully saturated rings. The first-order chi connectivity index (χ1) is 22.3. The second-order valence-corrected chi connectivity index (χ2v) is 11.6. The maximum atomic E-state index is 6.47. The van der Waals surface area contributed by atoms with Gasteiger partial charge in [-0.25, -0.2) is 0 Å². The molecule has 1 aliphatic heterocycles. The van der Waals surface area contributed by atoms with E-state index >= 15 is 0 Å². The first kappa shape index (κ1) is 23.2. The summed E-state index contributed by atoms with van der Waals surface area (Å²) in [4.78, 5) is 5.05. The van der Waals surface area contributed by atoms with Gasteiger partial charge in [-0.15, -0.1) is 0 Å². The van der Waals surface area contributed by atoms with Gasteiger partial charge in [-0.1, -0.05) is 66.7 Å². The number of ether oxygens (including phenoxy) is 1. The lowest BCUT2D eigenvalue weighted by Crippen LogP contribution is -2.03. The Balaban J connectivity index is 1.26. The average molecular weight is 579 g/mol. The highest BCUT2D eigenvalue weighted by Crippen LogP contribution is 2.48. The molecule has 1 aliphatic rings. The van der Waals surface area contributed by atoms with Crippen molar-refractivity contribution in [3.8, 4) is 34.0 Å². The van der Waals surface area contributed by atoms with Crippen LogP contribution in [0.5, 0.6) is 11.5 Å². The zero-order valence-corrected chi connectivity index (χ0v) is 23.8. The Kier molecular flexibility index (Phi) is 4.24. The quantitative estimate of drug-likeness (QED) is 0.205. The number of rotatable bonds is 2. The minimum atomic E-state index is 0.640. The molecule has 5 heterocycles. The van der Waals surface area contributed by atoms with Crippen LogP contribution in [0.4, 0.5) is 0 Å². The van der Waals surface area contributed by atoms with Crippen LogP contribution in [0.25, 0.3) is 83.3 Å². The summed E-state index contributed by atoms with van der Waals surface area (Å²) in [5, 5.41) is 3.43. The molecule has 0 amide bonds. The van der Waals surface area contributed by atoms with Crippen molar-refractivity contribution in [2.75, 3.05) is 0 Å². The Morgan fingerprint density at radius 1 is 0.556 bits per heavy atom. The number of hydrogen-bond acceptors (Lipinski definition) is 3. The number of imidazole rings is 2. The van der Waals surface area contributed by atoms with Gasteiger partial charge in [-0.3, -0.25) is 8.97 Å². The number of furan rings is 1. The van der Waals surface area contributed by atoms with Crippen molar-refractivity contribution in [2.24, 2.45) is 0 Å². The summed E-state index contributed by atoms with van der Waals surface area (Å²) in [6, 6.07) is 46.5.